The van der Waals surface area contributed by atoms with E-state index in [1.54, 1.807) is 7.11 Å². The van der Waals surface area contributed by atoms with Gasteiger partial charge in [-0.1, -0.05) is 61.2 Å². The number of amides is 1. The molecule has 0 fully saturated rings. The minimum Gasteiger partial charge on any atom is -0.497 e. The Hall–Kier alpha value is -3.78. The predicted octanol–water partition coefficient (Wildman–Crippen LogP) is 5.93. The number of ether oxygens (including phenoxy) is 2. The molecule has 2 atom stereocenters. The molecule has 1 aromatic heterocycles. The first-order valence-corrected chi connectivity index (χ1v) is 12.3. The van der Waals surface area contributed by atoms with E-state index >= 15 is 0 Å². The lowest BCUT2D eigenvalue weighted by molar-refractivity contribution is -0.115. The number of carbonyl (C=O) groups excluding carboxylic acids is 1. The van der Waals surface area contributed by atoms with Crippen LogP contribution in [0.1, 0.15) is 32.2 Å². The molecule has 4 aromatic rings. The van der Waals surface area contributed by atoms with Crippen molar-refractivity contribution in [3.63, 3.8) is 0 Å². The van der Waals surface area contributed by atoms with Gasteiger partial charge in [0.2, 0.25) is 5.91 Å². The molecule has 3 aromatic carbocycles. The quantitative estimate of drug-likeness (QED) is 0.279. The van der Waals surface area contributed by atoms with Crippen molar-refractivity contribution in [1.82, 2.24) is 14.8 Å². The molecule has 0 aliphatic carbocycles. The molecule has 1 heterocycles. The van der Waals surface area contributed by atoms with Crippen molar-refractivity contribution in [2.45, 2.75) is 36.8 Å². The summed E-state index contributed by atoms with van der Waals surface area (Å²) in [6.07, 6.45) is 0.235. The van der Waals surface area contributed by atoms with Gasteiger partial charge in [0.25, 0.3) is 0 Å². The highest BCUT2D eigenvalue weighted by atomic mass is 32.2. The zero-order valence-corrected chi connectivity index (χ0v) is 20.7. The van der Waals surface area contributed by atoms with Gasteiger partial charge in [-0.3, -0.25) is 9.36 Å². The zero-order valence-electron chi connectivity index (χ0n) is 19.9. The van der Waals surface area contributed by atoms with Crippen molar-refractivity contribution in [1.29, 1.82) is 0 Å². The van der Waals surface area contributed by atoms with Gasteiger partial charge in [0, 0.05) is 17.4 Å². The third kappa shape index (κ3) is 6.02. The van der Waals surface area contributed by atoms with Gasteiger partial charge in [0.05, 0.1) is 12.4 Å². The minimum atomic E-state index is -0.401. The molecule has 2 unspecified atom stereocenters. The summed E-state index contributed by atoms with van der Waals surface area (Å²) in [6, 6.07) is 26.7. The van der Waals surface area contributed by atoms with E-state index in [1.165, 1.54) is 11.8 Å². The second kappa shape index (κ2) is 11.6. The number of hydrogen-bond donors (Lipinski definition) is 1. The Morgan fingerprint density at radius 2 is 1.66 bits per heavy atom. The number of aromatic nitrogens is 3. The van der Waals surface area contributed by atoms with Crippen LogP contribution in [0, 0.1) is 0 Å². The van der Waals surface area contributed by atoms with Crippen LogP contribution in [-0.4, -0.2) is 33.0 Å². The number of carbonyl (C=O) groups is 1. The third-order valence-electron chi connectivity index (χ3n) is 5.34. The van der Waals surface area contributed by atoms with E-state index in [0.29, 0.717) is 28.9 Å². The maximum absolute atomic E-state index is 13.0. The normalized spacial score (nSPS) is 12.5. The van der Waals surface area contributed by atoms with Crippen molar-refractivity contribution in [2.24, 2.45) is 0 Å². The van der Waals surface area contributed by atoms with Gasteiger partial charge >= 0.3 is 0 Å². The number of hydrogen-bond acceptors (Lipinski definition) is 6. The lowest BCUT2D eigenvalue weighted by Crippen LogP contribution is -2.25. The number of methoxy groups -OCH3 is 1. The maximum atomic E-state index is 13.0. The van der Waals surface area contributed by atoms with Crippen molar-refractivity contribution in [3.05, 3.63) is 90.8 Å². The Balaban J connectivity index is 1.61. The highest BCUT2D eigenvalue weighted by Gasteiger charge is 2.26. The standard InChI is InChI=1S/C27H28N4O3S/c1-4-24(26(32)28-20-12-7-5-8-13-20)35-27-30-29-25(31(27)21-14-9-6-10-15-21)19(2)34-23-17-11-16-22(18-23)33-3/h5-19,24H,4H2,1-3H3,(H,28,32). The van der Waals surface area contributed by atoms with Crippen LogP contribution < -0.4 is 14.8 Å². The van der Waals surface area contributed by atoms with Crippen LogP contribution in [0.15, 0.2) is 90.1 Å². The first-order chi connectivity index (χ1) is 17.1. The van der Waals surface area contributed by atoms with Gasteiger partial charge < -0.3 is 14.8 Å². The number of benzene rings is 3. The van der Waals surface area contributed by atoms with Crippen LogP contribution in [-0.2, 0) is 4.79 Å². The average Bonchev–Trinajstić information content (AvgIpc) is 3.32. The van der Waals surface area contributed by atoms with Crippen molar-refractivity contribution in [2.75, 3.05) is 12.4 Å². The molecule has 7 nitrogen and oxygen atoms in total. The fraction of sp³-hybridized carbons (Fsp3) is 0.222. The monoisotopic (exact) mass is 488 g/mol. The summed E-state index contributed by atoms with van der Waals surface area (Å²) in [5.41, 5.74) is 1.66. The van der Waals surface area contributed by atoms with Crippen LogP contribution in [0.4, 0.5) is 5.69 Å². The van der Waals surface area contributed by atoms with Crippen molar-refractivity contribution < 1.29 is 14.3 Å². The number of thioether (sulfide) groups is 1. The van der Waals surface area contributed by atoms with Crippen LogP contribution in [0.25, 0.3) is 5.69 Å². The smallest absolute Gasteiger partial charge is 0.237 e. The van der Waals surface area contributed by atoms with E-state index in [0.717, 1.165) is 11.4 Å². The Bertz CT molecular complexity index is 1250. The molecule has 1 N–H and O–H groups in total. The van der Waals surface area contributed by atoms with Crippen LogP contribution in [0.3, 0.4) is 0 Å². The van der Waals surface area contributed by atoms with Crippen LogP contribution in [0.5, 0.6) is 11.5 Å². The molecule has 35 heavy (non-hydrogen) atoms. The summed E-state index contributed by atoms with van der Waals surface area (Å²) < 4.78 is 13.4. The first kappa shape index (κ1) is 24.3. The van der Waals surface area contributed by atoms with Gasteiger partial charge in [-0.15, -0.1) is 10.2 Å². The number of nitrogens with one attached hydrogen (secondary N) is 1. The molecule has 0 saturated heterocycles. The van der Waals surface area contributed by atoms with Gasteiger partial charge in [0.15, 0.2) is 17.1 Å². The Kier molecular flexibility index (Phi) is 8.05. The largest absolute Gasteiger partial charge is 0.497 e. The van der Waals surface area contributed by atoms with Gasteiger partial charge in [-0.25, -0.2) is 0 Å². The summed E-state index contributed by atoms with van der Waals surface area (Å²) in [6.45, 7) is 3.91. The van der Waals surface area contributed by atoms with E-state index in [4.69, 9.17) is 9.47 Å². The van der Waals surface area contributed by atoms with Gasteiger partial charge in [-0.2, -0.15) is 0 Å². The van der Waals surface area contributed by atoms with E-state index in [9.17, 15) is 4.79 Å². The first-order valence-electron chi connectivity index (χ1n) is 11.4. The fourth-order valence-electron chi connectivity index (χ4n) is 3.57. The SMILES string of the molecule is CCC(Sc1nnc(C(C)Oc2cccc(OC)c2)n1-c1ccccc1)C(=O)Nc1ccccc1. The lowest BCUT2D eigenvalue weighted by atomic mass is 10.3. The summed E-state index contributed by atoms with van der Waals surface area (Å²) in [5.74, 6) is 1.95. The molecule has 4 rings (SSSR count). The number of anilines is 1. The van der Waals surface area contributed by atoms with E-state index < -0.39 is 6.10 Å². The van der Waals surface area contributed by atoms with E-state index in [2.05, 4.69) is 15.5 Å². The average molecular weight is 489 g/mol. The second-order valence-electron chi connectivity index (χ2n) is 7.82. The molecule has 0 aliphatic rings. The van der Waals surface area contributed by atoms with Gasteiger partial charge in [0.1, 0.15) is 11.5 Å². The molecule has 1 amide bonds. The molecule has 8 heteroatoms. The van der Waals surface area contributed by atoms with Crippen LogP contribution in [0.2, 0.25) is 0 Å². The summed E-state index contributed by atoms with van der Waals surface area (Å²) in [7, 11) is 1.62. The lowest BCUT2D eigenvalue weighted by Gasteiger charge is -2.18. The highest BCUT2D eigenvalue weighted by molar-refractivity contribution is 8.00. The topological polar surface area (TPSA) is 78.3 Å². The van der Waals surface area contributed by atoms with Crippen molar-refractivity contribution >= 4 is 23.4 Å². The number of para-hydroxylation sites is 2. The zero-order chi connectivity index (χ0) is 24.6. The minimum absolute atomic E-state index is 0.0754. The maximum Gasteiger partial charge on any atom is 0.237 e. The van der Waals surface area contributed by atoms with E-state index in [1.807, 2.05) is 103 Å². The second-order valence-corrected chi connectivity index (χ2v) is 8.99. The Morgan fingerprint density at radius 3 is 2.34 bits per heavy atom. The summed E-state index contributed by atoms with van der Waals surface area (Å²) in [4.78, 5) is 13.0. The summed E-state index contributed by atoms with van der Waals surface area (Å²) >= 11 is 1.39. The molecular weight excluding hydrogens is 460 g/mol. The Labute approximate surface area is 209 Å². The van der Waals surface area contributed by atoms with Crippen LogP contribution >= 0.6 is 11.8 Å². The molecule has 0 aliphatic heterocycles. The highest BCUT2D eigenvalue weighted by Crippen LogP contribution is 2.32. The number of nitrogens with zero attached hydrogens (tertiary/aromatic N) is 3. The Morgan fingerprint density at radius 1 is 0.971 bits per heavy atom. The van der Waals surface area contributed by atoms with Gasteiger partial charge in [-0.05, 0) is 49.7 Å². The fourth-order valence-corrected chi connectivity index (χ4v) is 4.55. The summed E-state index contributed by atoms with van der Waals surface area (Å²) in [5, 5.41) is 12.2. The predicted molar refractivity (Wildman–Crippen MR) is 138 cm³/mol. The molecule has 0 bridgehead atoms. The molecular formula is C27H28N4O3S. The molecule has 180 valence electrons. The van der Waals surface area contributed by atoms with E-state index in [-0.39, 0.29) is 11.2 Å². The molecule has 0 radical (unpaired) electrons. The van der Waals surface area contributed by atoms with Crippen molar-refractivity contribution in [3.8, 4) is 17.2 Å². The molecule has 0 saturated carbocycles. The molecule has 0 spiro atoms. The third-order valence-corrected chi connectivity index (χ3v) is 6.65. The number of rotatable bonds is 10.